The van der Waals surface area contributed by atoms with E-state index in [1.165, 1.54) is 28.8 Å². The average molecular weight is 450 g/mol. The summed E-state index contributed by atoms with van der Waals surface area (Å²) in [5, 5.41) is 13.8. The third-order valence-electron chi connectivity index (χ3n) is 3.52. The molecule has 3 rings (SSSR count). The van der Waals surface area contributed by atoms with E-state index >= 15 is 0 Å². The molecule has 0 spiro atoms. The van der Waals surface area contributed by atoms with Gasteiger partial charge in [-0.25, -0.2) is 0 Å². The number of non-ortho nitro benzene ring substituents is 1. The molecular formula is C17H12BrN3O3S2. The lowest BCUT2D eigenvalue weighted by Gasteiger charge is -2.16. The van der Waals surface area contributed by atoms with Crippen LogP contribution in [0.2, 0.25) is 0 Å². The number of rotatable bonds is 5. The lowest BCUT2D eigenvalue weighted by atomic mass is 10.2. The fourth-order valence-corrected chi connectivity index (χ4v) is 3.96. The summed E-state index contributed by atoms with van der Waals surface area (Å²) in [6.45, 7) is 0.141. The van der Waals surface area contributed by atoms with Gasteiger partial charge in [0, 0.05) is 22.3 Å². The summed E-state index contributed by atoms with van der Waals surface area (Å²) in [6.07, 6.45) is 1.79. The van der Waals surface area contributed by atoms with Crippen molar-refractivity contribution in [2.45, 2.75) is 0 Å². The molecule has 132 valence electrons. The van der Waals surface area contributed by atoms with Crippen LogP contribution in [-0.4, -0.2) is 26.7 Å². The first-order valence-corrected chi connectivity index (χ1v) is 9.45. The number of thioether (sulfide) groups is 1. The van der Waals surface area contributed by atoms with Gasteiger partial charge in [-0.15, -0.1) is 0 Å². The molecule has 0 atom stereocenters. The first-order valence-electron chi connectivity index (χ1n) is 7.43. The van der Waals surface area contributed by atoms with Gasteiger partial charge in [-0.05, 0) is 29.8 Å². The molecule has 6 nitrogen and oxygen atoms in total. The molecule has 1 heterocycles. The van der Waals surface area contributed by atoms with E-state index in [9.17, 15) is 14.9 Å². The molecule has 2 aromatic rings. The second-order valence-corrected chi connectivity index (χ2v) is 7.90. The van der Waals surface area contributed by atoms with E-state index in [0.29, 0.717) is 14.9 Å². The fourth-order valence-electron chi connectivity index (χ4n) is 2.28. The van der Waals surface area contributed by atoms with E-state index in [1.807, 2.05) is 24.3 Å². The average Bonchev–Trinajstić information content (AvgIpc) is 2.87. The van der Waals surface area contributed by atoms with Gasteiger partial charge in [0.1, 0.15) is 4.32 Å². The van der Waals surface area contributed by atoms with Gasteiger partial charge in [-0.3, -0.25) is 19.8 Å². The van der Waals surface area contributed by atoms with Gasteiger partial charge in [0.05, 0.1) is 16.5 Å². The number of nitrogens with one attached hydrogen (secondary N) is 1. The number of nitrogens with zero attached hydrogens (tertiary/aromatic N) is 2. The van der Waals surface area contributed by atoms with Crippen LogP contribution >= 0.6 is 39.9 Å². The zero-order valence-corrected chi connectivity index (χ0v) is 16.4. The number of anilines is 1. The molecule has 0 radical (unpaired) electrons. The highest BCUT2D eigenvalue weighted by Gasteiger charge is 2.31. The smallest absolute Gasteiger partial charge is 0.271 e. The van der Waals surface area contributed by atoms with Crippen LogP contribution in [0.25, 0.3) is 6.08 Å². The highest BCUT2D eigenvalue weighted by Crippen LogP contribution is 2.32. The molecule has 0 unspecified atom stereocenters. The van der Waals surface area contributed by atoms with Crippen LogP contribution in [0.5, 0.6) is 0 Å². The summed E-state index contributed by atoms with van der Waals surface area (Å²) in [5.74, 6) is -0.196. The van der Waals surface area contributed by atoms with E-state index in [0.717, 1.165) is 10.0 Å². The van der Waals surface area contributed by atoms with Crippen molar-refractivity contribution in [2.75, 3.05) is 12.0 Å². The maximum Gasteiger partial charge on any atom is 0.271 e. The van der Waals surface area contributed by atoms with Crippen molar-refractivity contribution in [2.24, 2.45) is 0 Å². The number of carbonyl (C=O) groups is 1. The molecule has 1 aliphatic rings. The molecule has 0 saturated carbocycles. The highest BCUT2D eigenvalue weighted by molar-refractivity contribution is 9.10. The molecule has 1 N–H and O–H groups in total. The SMILES string of the molecule is O=C1/C(=C\c2cccc(Br)c2)SC(=S)N1CNc1cccc([N+](=O)[O-])c1. The normalized spacial score (nSPS) is 15.6. The van der Waals surface area contributed by atoms with Crippen LogP contribution in [0.3, 0.4) is 0 Å². The Morgan fingerprint density at radius 2 is 2.04 bits per heavy atom. The summed E-state index contributed by atoms with van der Waals surface area (Å²) in [4.78, 5) is 24.9. The van der Waals surface area contributed by atoms with Crippen molar-refractivity contribution in [1.29, 1.82) is 0 Å². The van der Waals surface area contributed by atoms with Crippen LogP contribution in [0.15, 0.2) is 57.9 Å². The predicted octanol–water partition coefficient (Wildman–Crippen LogP) is 4.63. The minimum atomic E-state index is -0.467. The Morgan fingerprint density at radius 1 is 1.27 bits per heavy atom. The third kappa shape index (κ3) is 4.29. The van der Waals surface area contributed by atoms with Crippen LogP contribution in [0.4, 0.5) is 11.4 Å². The molecule has 1 aliphatic heterocycles. The lowest BCUT2D eigenvalue weighted by Crippen LogP contribution is -2.33. The van der Waals surface area contributed by atoms with Crippen LogP contribution in [-0.2, 0) is 4.79 Å². The van der Waals surface area contributed by atoms with Gasteiger partial charge in [0.25, 0.3) is 11.6 Å². The molecule has 0 aromatic heterocycles. The van der Waals surface area contributed by atoms with Crippen LogP contribution in [0, 0.1) is 10.1 Å². The van der Waals surface area contributed by atoms with E-state index < -0.39 is 4.92 Å². The molecule has 26 heavy (non-hydrogen) atoms. The second kappa shape index (κ2) is 7.98. The zero-order valence-electron chi connectivity index (χ0n) is 13.2. The number of amides is 1. The van der Waals surface area contributed by atoms with Crippen molar-refractivity contribution < 1.29 is 9.72 Å². The Hall–Kier alpha value is -2.23. The van der Waals surface area contributed by atoms with Gasteiger partial charge < -0.3 is 5.32 Å². The predicted molar refractivity (Wildman–Crippen MR) is 111 cm³/mol. The third-order valence-corrected chi connectivity index (χ3v) is 5.39. The Bertz CT molecular complexity index is 933. The molecule has 1 amide bonds. The standard InChI is InChI=1S/C17H12BrN3O3S2/c18-12-4-1-3-11(7-12)8-15-16(22)20(17(25)26-15)10-19-13-5-2-6-14(9-13)21(23)24/h1-9,19H,10H2/b15-8+. The van der Waals surface area contributed by atoms with Crippen molar-refractivity contribution in [3.63, 3.8) is 0 Å². The van der Waals surface area contributed by atoms with E-state index in [4.69, 9.17) is 12.2 Å². The number of hydrogen-bond donors (Lipinski definition) is 1. The quantitative estimate of drug-likeness (QED) is 0.310. The van der Waals surface area contributed by atoms with Gasteiger partial charge >= 0.3 is 0 Å². The minimum Gasteiger partial charge on any atom is -0.367 e. The Morgan fingerprint density at radius 3 is 2.77 bits per heavy atom. The summed E-state index contributed by atoms with van der Waals surface area (Å²) in [5.41, 5.74) is 1.42. The summed E-state index contributed by atoms with van der Waals surface area (Å²) < 4.78 is 1.36. The van der Waals surface area contributed by atoms with Gasteiger partial charge in [0.2, 0.25) is 0 Å². The fraction of sp³-hybridized carbons (Fsp3) is 0.0588. The van der Waals surface area contributed by atoms with E-state index in [-0.39, 0.29) is 18.3 Å². The minimum absolute atomic E-state index is 0.0186. The first-order chi connectivity index (χ1) is 12.4. The molecule has 9 heteroatoms. The number of benzene rings is 2. The number of hydrogen-bond acceptors (Lipinski definition) is 6. The first kappa shape index (κ1) is 18.6. The van der Waals surface area contributed by atoms with E-state index in [2.05, 4.69) is 21.2 Å². The molecule has 0 aliphatic carbocycles. The number of thiocarbonyl (C=S) groups is 1. The topological polar surface area (TPSA) is 75.5 Å². The number of nitro benzene ring substituents is 1. The number of carbonyl (C=O) groups excluding carboxylic acids is 1. The molecule has 2 aromatic carbocycles. The Balaban J connectivity index is 1.71. The number of halogens is 1. The van der Waals surface area contributed by atoms with E-state index in [1.54, 1.807) is 18.2 Å². The summed E-state index contributed by atoms with van der Waals surface area (Å²) >= 11 is 9.92. The Kier molecular flexibility index (Phi) is 5.70. The van der Waals surface area contributed by atoms with Crippen LogP contribution in [0.1, 0.15) is 5.56 Å². The Labute approximate surface area is 167 Å². The second-order valence-electron chi connectivity index (χ2n) is 5.31. The zero-order chi connectivity index (χ0) is 18.7. The largest absolute Gasteiger partial charge is 0.367 e. The summed E-state index contributed by atoms with van der Waals surface area (Å²) in [6, 6.07) is 13.7. The van der Waals surface area contributed by atoms with Crippen molar-refractivity contribution in [3.8, 4) is 0 Å². The van der Waals surface area contributed by atoms with Gasteiger partial charge in [-0.1, -0.05) is 58.1 Å². The molecular weight excluding hydrogens is 438 g/mol. The maximum absolute atomic E-state index is 12.6. The molecule has 0 bridgehead atoms. The van der Waals surface area contributed by atoms with Gasteiger partial charge in [-0.2, -0.15) is 0 Å². The maximum atomic E-state index is 12.6. The van der Waals surface area contributed by atoms with Gasteiger partial charge in [0.15, 0.2) is 0 Å². The highest BCUT2D eigenvalue weighted by atomic mass is 79.9. The lowest BCUT2D eigenvalue weighted by molar-refractivity contribution is -0.384. The number of nitro groups is 1. The van der Waals surface area contributed by atoms with Crippen molar-refractivity contribution in [3.05, 3.63) is 73.6 Å². The molecule has 1 saturated heterocycles. The summed E-state index contributed by atoms with van der Waals surface area (Å²) in [7, 11) is 0. The monoisotopic (exact) mass is 449 g/mol. The van der Waals surface area contributed by atoms with Crippen molar-refractivity contribution >= 4 is 67.6 Å². The van der Waals surface area contributed by atoms with Crippen LogP contribution < -0.4 is 5.32 Å². The molecule has 1 fully saturated rings. The van der Waals surface area contributed by atoms with Crippen molar-refractivity contribution in [1.82, 2.24) is 4.90 Å².